The maximum Gasteiger partial charge on any atom is 0.256 e. The molecule has 0 spiro atoms. The van der Waals surface area contributed by atoms with E-state index in [0.717, 1.165) is 55.6 Å². The number of rotatable bonds is 16. The van der Waals surface area contributed by atoms with E-state index in [2.05, 4.69) is 46.3 Å². The highest BCUT2D eigenvalue weighted by Crippen LogP contribution is 2.35. The van der Waals surface area contributed by atoms with Crippen molar-refractivity contribution in [3.63, 3.8) is 0 Å². The van der Waals surface area contributed by atoms with Crippen molar-refractivity contribution in [1.82, 2.24) is 15.1 Å². The Morgan fingerprint density at radius 3 is 2.19 bits per heavy atom. The lowest BCUT2D eigenvalue weighted by atomic mass is 9.98. The van der Waals surface area contributed by atoms with Gasteiger partial charge in [-0.3, -0.25) is 14.5 Å². The number of piperazine rings is 1. The number of allylic oxidation sites excluding steroid dienone is 6. The molecule has 0 aromatic heterocycles. The van der Waals surface area contributed by atoms with Crippen LogP contribution in [0.5, 0.6) is 11.5 Å². The van der Waals surface area contributed by atoms with Crippen molar-refractivity contribution in [2.45, 2.75) is 52.6 Å². The second-order valence-corrected chi connectivity index (χ2v) is 13.3. The van der Waals surface area contributed by atoms with Crippen molar-refractivity contribution in [3.05, 3.63) is 124 Å². The first-order valence-corrected chi connectivity index (χ1v) is 18.3. The molecule has 1 fully saturated rings. The Labute approximate surface area is 317 Å². The zero-order valence-electron chi connectivity index (χ0n) is 32.8. The van der Waals surface area contributed by atoms with Crippen LogP contribution in [0.1, 0.15) is 84.5 Å². The van der Waals surface area contributed by atoms with Crippen molar-refractivity contribution in [1.29, 1.82) is 0 Å². The number of carbonyl (C=O) groups is 3. The molecule has 53 heavy (non-hydrogen) atoms. The quantitative estimate of drug-likeness (QED) is 0.118. The number of anilines is 1. The average molecular weight is 723 g/mol. The number of ether oxygens (including phenoxy) is 2. The molecule has 2 atom stereocenters. The molecule has 1 aliphatic rings. The molecule has 1 N–H and O–H groups in total. The van der Waals surface area contributed by atoms with E-state index < -0.39 is 0 Å². The normalized spacial score (nSPS) is 14.4. The van der Waals surface area contributed by atoms with E-state index in [-0.39, 0.29) is 11.9 Å². The maximum absolute atomic E-state index is 14.3. The van der Waals surface area contributed by atoms with Gasteiger partial charge in [0.2, 0.25) is 0 Å². The van der Waals surface area contributed by atoms with E-state index >= 15 is 0 Å². The Kier molecular flexibility index (Phi) is 17.7. The third kappa shape index (κ3) is 12.0. The van der Waals surface area contributed by atoms with E-state index in [1.165, 1.54) is 11.1 Å². The molecule has 1 amide bonds. The molecule has 1 heterocycles. The number of aldehydes is 2. The van der Waals surface area contributed by atoms with Crippen molar-refractivity contribution in [2.75, 3.05) is 65.9 Å². The van der Waals surface area contributed by atoms with Crippen LogP contribution in [0.4, 0.5) is 5.69 Å². The van der Waals surface area contributed by atoms with E-state index in [4.69, 9.17) is 9.47 Å². The highest BCUT2D eigenvalue weighted by Gasteiger charge is 2.30. The van der Waals surface area contributed by atoms with Gasteiger partial charge in [0.1, 0.15) is 6.29 Å². The predicted octanol–water partition coefficient (Wildman–Crippen LogP) is 7.87. The summed E-state index contributed by atoms with van der Waals surface area (Å²) in [6.07, 6.45) is 10.8. The molecule has 0 bridgehead atoms. The second kappa shape index (κ2) is 22.2. The van der Waals surface area contributed by atoms with Crippen molar-refractivity contribution < 1.29 is 23.9 Å². The van der Waals surface area contributed by atoms with Gasteiger partial charge in [0.05, 0.1) is 31.5 Å². The molecule has 3 aromatic carbocycles. The summed E-state index contributed by atoms with van der Waals surface area (Å²) in [7, 11) is 6.91. The number of amides is 1. The Balaban J connectivity index is 0.000000541. The summed E-state index contributed by atoms with van der Waals surface area (Å²) in [5, 5.41) is 3.20. The summed E-state index contributed by atoms with van der Waals surface area (Å²) in [6.45, 7) is 12.2. The zero-order valence-corrected chi connectivity index (χ0v) is 32.8. The predicted molar refractivity (Wildman–Crippen MR) is 216 cm³/mol. The van der Waals surface area contributed by atoms with Gasteiger partial charge in [-0.05, 0) is 82.6 Å². The number of methoxy groups -OCH3 is 2. The summed E-state index contributed by atoms with van der Waals surface area (Å²) in [4.78, 5) is 43.2. The highest BCUT2D eigenvalue weighted by atomic mass is 16.5. The SMILES string of the molecule is C/C=C\C(=C/C=C(C)C)CC=O.CNCCC(c1ccc(OC)c(OC)c1)N(C)C(=O)c1c(C=O)cccc1N1CCN([C@H](C)c2ccccc2)CC1. The lowest BCUT2D eigenvalue weighted by Crippen LogP contribution is -2.48. The van der Waals surface area contributed by atoms with Gasteiger partial charge >= 0.3 is 0 Å². The van der Waals surface area contributed by atoms with Crippen LogP contribution >= 0.6 is 0 Å². The Morgan fingerprint density at radius 2 is 1.60 bits per heavy atom. The molecule has 1 saturated heterocycles. The molecule has 0 radical (unpaired) electrons. The zero-order chi connectivity index (χ0) is 38.8. The second-order valence-electron chi connectivity index (χ2n) is 13.3. The Bertz CT molecular complexity index is 1710. The van der Waals surface area contributed by atoms with Crippen LogP contribution in [-0.4, -0.2) is 89.3 Å². The fourth-order valence-electron chi connectivity index (χ4n) is 6.46. The summed E-state index contributed by atoms with van der Waals surface area (Å²) < 4.78 is 11.0. The lowest BCUT2D eigenvalue weighted by Gasteiger charge is -2.40. The smallest absolute Gasteiger partial charge is 0.256 e. The molecular formula is C44H58N4O5. The van der Waals surface area contributed by atoms with Crippen molar-refractivity contribution in [2.24, 2.45) is 0 Å². The first kappa shape index (κ1) is 42.4. The van der Waals surface area contributed by atoms with Gasteiger partial charge in [-0.15, -0.1) is 0 Å². The lowest BCUT2D eigenvalue weighted by molar-refractivity contribution is -0.107. The van der Waals surface area contributed by atoms with Crippen LogP contribution in [0.15, 0.2) is 102 Å². The molecule has 0 saturated carbocycles. The van der Waals surface area contributed by atoms with Gasteiger partial charge in [-0.2, -0.15) is 0 Å². The molecule has 3 aromatic rings. The number of nitrogens with zero attached hydrogens (tertiary/aromatic N) is 3. The number of hydrogen-bond donors (Lipinski definition) is 1. The monoisotopic (exact) mass is 722 g/mol. The van der Waals surface area contributed by atoms with Crippen LogP contribution in [0.25, 0.3) is 0 Å². The fourth-order valence-corrected chi connectivity index (χ4v) is 6.46. The summed E-state index contributed by atoms with van der Waals surface area (Å²) in [5.41, 5.74) is 6.17. The minimum atomic E-state index is -0.245. The molecule has 0 aliphatic carbocycles. The minimum absolute atomic E-state index is 0.182. The standard InChI is InChI=1S/C33H42N4O4.C11H16O/c1-24(25-10-7-6-8-11-25)36-18-20-37(21-19-36)29-13-9-12-27(23-38)32(29)33(39)35(3)28(16-17-34-2)26-14-15-30(40-4)31(22-26)41-5;1-4-5-11(8-9-12)7-6-10(2)3/h6-15,22-24,28,34H,16-21H2,1-5H3;4-7,9H,8H2,1-3H3/b;5-4-,11-7+/t24-,28?;/m1./s1. The van der Waals surface area contributed by atoms with Crippen LogP contribution in [0.2, 0.25) is 0 Å². The molecule has 1 unspecified atom stereocenters. The average Bonchev–Trinajstić information content (AvgIpc) is 3.19. The number of hydrogen-bond acceptors (Lipinski definition) is 8. The topological polar surface area (TPSA) is 91.4 Å². The van der Waals surface area contributed by atoms with Crippen molar-refractivity contribution >= 4 is 24.2 Å². The molecule has 9 nitrogen and oxygen atoms in total. The van der Waals surface area contributed by atoms with E-state index in [1.807, 2.05) is 95.6 Å². The Morgan fingerprint density at radius 1 is 0.906 bits per heavy atom. The van der Waals surface area contributed by atoms with Crippen LogP contribution in [-0.2, 0) is 4.79 Å². The maximum atomic E-state index is 14.3. The van der Waals surface area contributed by atoms with Gasteiger partial charge < -0.3 is 29.4 Å². The molecule has 9 heteroatoms. The Hall–Kier alpha value is -4.99. The number of nitrogens with one attached hydrogen (secondary N) is 1. The van der Waals surface area contributed by atoms with Crippen LogP contribution in [0.3, 0.4) is 0 Å². The largest absolute Gasteiger partial charge is 0.493 e. The summed E-state index contributed by atoms with van der Waals surface area (Å²) in [5.74, 6) is 1.06. The number of benzene rings is 3. The van der Waals surface area contributed by atoms with E-state index in [0.29, 0.717) is 48.1 Å². The van der Waals surface area contributed by atoms with Gasteiger partial charge in [0.15, 0.2) is 17.8 Å². The third-order valence-corrected chi connectivity index (χ3v) is 9.48. The third-order valence-electron chi connectivity index (χ3n) is 9.48. The molecule has 1 aliphatic heterocycles. The summed E-state index contributed by atoms with van der Waals surface area (Å²) >= 11 is 0. The highest BCUT2D eigenvalue weighted by molar-refractivity contribution is 6.06. The minimum Gasteiger partial charge on any atom is -0.493 e. The van der Waals surface area contributed by atoms with E-state index in [9.17, 15) is 14.4 Å². The first-order chi connectivity index (χ1) is 25.6. The molecular weight excluding hydrogens is 665 g/mol. The van der Waals surface area contributed by atoms with Crippen molar-refractivity contribution in [3.8, 4) is 11.5 Å². The fraction of sp³-hybridized carbons (Fsp3) is 0.386. The van der Waals surface area contributed by atoms with Crippen LogP contribution < -0.4 is 19.7 Å². The van der Waals surface area contributed by atoms with Gasteiger partial charge in [0.25, 0.3) is 5.91 Å². The number of carbonyl (C=O) groups excluding carboxylic acids is 3. The van der Waals surface area contributed by atoms with E-state index in [1.54, 1.807) is 25.2 Å². The van der Waals surface area contributed by atoms with Crippen LogP contribution in [0, 0.1) is 0 Å². The molecule has 284 valence electrons. The van der Waals surface area contributed by atoms with Gasteiger partial charge in [-0.1, -0.05) is 78.4 Å². The first-order valence-electron chi connectivity index (χ1n) is 18.3. The molecule has 4 rings (SSSR count). The van der Waals surface area contributed by atoms with Gasteiger partial charge in [0, 0.05) is 51.3 Å². The summed E-state index contributed by atoms with van der Waals surface area (Å²) in [6, 6.07) is 21.9. The van der Waals surface area contributed by atoms with Gasteiger partial charge in [-0.25, -0.2) is 0 Å².